The highest BCUT2D eigenvalue weighted by atomic mass is 16.4. The monoisotopic (exact) mass is 276 g/mol. The van der Waals surface area contributed by atoms with Crippen LogP contribution < -0.4 is 0 Å². The van der Waals surface area contributed by atoms with Gasteiger partial charge in [0.2, 0.25) is 0 Å². The third kappa shape index (κ3) is 8.55. The largest absolute Gasteiger partial charge is 0.481 e. The molecule has 0 spiro atoms. The average Bonchev–Trinajstić information content (AvgIpc) is 2.32. The molecule has 0 aliphatic rings. The maximum atomic E-state index is 10.9. The summed E-state index contributed by atoms with van der Waals surface area (Å²) in [5, 5.41) is 8.93. The van der Waals surface area contributed by atoms with Gasteiger partial charge in [-0.25, -0.2) is 0 Å². The first-order chi connectivity index (χ1) is 9.15. The Morgan fingerprint density at radius 3 is 2.30 bits per heavy atom. The fourth-order valence-electron chi connectivity index (χ4n) is 1.73. The first-order valence-corrected chi connectivity index (χ1v) is 7.16. The molecule has 2 nitrogen and oxygen atoms in total. The Morgan fingerprint density at radius 2 is 1.80 bits per heavy atom. The summed E-state index contributed by atoms with van der Waals surface area (Å²) in [6.45, 7) is 12.2. The van der Waals surface area contributed by atoms with Crippen molar-refractivity contribution in [1.29, 1.82) is 0 Å². The molecule has 0 radical (unpaired) electrons. The summed E-state index contributed by atoms with van der Waals surface area (Å²) in [6, 6.07) is 0. The van der Waals surface area contributed by atoms with Gasteiger partial charge in [0.25, 0.3) is 0 Å². The van der Waals surface area contributed by atoms with Gasteiger partial charge in [0.1, 0.15) is 0 Å². The van der Waals surface area contributed by atoms with E-state index in [2.05, 4.69) is 46.4 Å². The van der Waals surface area contributed by atoms with Crippen molar-refractivity contribution in [3.05, 3.63) is 41.7 Å². The molecule has 0 bridgehead atoms. The molecule has 0 aliphatic heterocycles. The van der Waals surface area contributed by atoms with E-state index in [9.17, 15) is 4.79 Å². The molecule has 0 fully saturated rings. The lowest BCUT2D eigenvalue weighted by Gasteiger charge is -2.22. The predicted molar refractivity (Wildman–Crippen MR) is 85.6 cm³/mol. The second kappa shape index (κ2) is 8.60. The number of aliphatic carboxylic acids is 1. The maximum Gasteiger partial charge on any atom is 0.306 e. The van der Waals surface area contributed by atoms with Crippen LogP contribution in [-0.2, 0) is 4.79 Å². The van der Waals surface area contributed by atoms with Crippen LogP contribution in [0.3, 0.4) is 0 Å². The zero-order chi connectivity index (χ0) is 15.8. The topological polar surface area (TPSA) is 37.3 Å². The van der Waals surface area contributed by atoms with E-state index in [4.69, 9.17) is 5.11 Å². The van der Waals surface area contributed by atoms with Gasteiger partial charge in [0, 0.05) is 0 Å². The van der Waals surface area contributed by atoms with Crippen molar-refractivity contribution < 1.29 is 9.90 Å². The van der Waals surface area contributed by atoms with Crippen molar-refractivity contribution in [2.24, 2.45) is 17.3 Å². The van der Waals surface area contributed by atoms with Crippen molar-refractivity contribution in [2.75, 3.05) is 0 Å². The summed E-state index contributed by atoms with van der Waals surface area (Å²) < 4.78 is 0. The lowest BCUT2D eigenvalue weighted by atomic mass is 9.83. The molecule has 112 valence electrons. The fourth-order valence-corrected chi connectivity index (χ4v) is 1.73. The Morgan fingerprint density at radius 1 is 1.20 bits per heavy atom. The molecule has 0 aromatic heterocycles. The van der Waals surface area contributed by atoms with Gasteiger partial charge in [0.15, 0.2) is 0 Å². The Balaban J connectivity index is 4.50. The summed E-state index contributed by atoms with van der Waals surface area (Å²) in [5.41, 5.74) is 4.34. The highest BCUT2D eigenvalue weighted by Crippen LogP contribution is 2.27. The van der Waals surface area contributed by atoms with Crippen LogP contribution in [-0.4, -0.2) is 11.1 Å². The van der Waals surface area contributed by atoms with Gasteiger partial charge in [-0.3, -0.25) is 4.79 Å². The Hall–Kier alpha value is -1.53. The minimum absolute atomic E-state index is 0.116. The van der Waals surface area contributed by atoms with Crippen LogP contribution in [0.25, 0.3) is 0 Å². The van der Waals surface area contributed by atoms with Crippen LogP contribution in [0.1, 0.15) is 48.0 Å². The first kappa shape index (κ1) is 18.5. The average molecular weight is 276 g/mol. The quantitative estimate of drug-likeness (QED) is 0.525. The van der Waals surface area contributed by atoms with E-state index in [0.717, 1.165) is 0 Å². The highest BCUT2D eigenvalue weighted by Gasteiger charge is 2.21. The van der Waals surface area contributed by atoms with E-state index in [1.807, 2.05) is 24.3 Å². The number of carboxylic acid groups (broad SMARTS) is 1. The van der Waals surface area contributed by atoms with Gasteiger partial charge in [0.05, 0.1) is 5.92 Å². The Kier molecular flexibility index (Phi) is 7.94. The molecule has 0 amide bonds. The predicted octanol–water partition coefficient (Wildman–Crippen LogP) is 4.99. The molecule has 1 atom stereocenters. The third-order valence-electron chi connectivity index (χ3n) is 3.30. The van der Waals surface area contributed by atoms with Gasteiger partial charge in [-0.15, -0.1) is 5.73 Å². The summed E-state index contributed by atoms with van der Waals surface area (Å²) in [5.74, 6) is -0.541. The molecule has 0 rings (SSSR count). The van der Waals surface area contributed by atoms with Crippen molar-refractivity contribution in [3.8, 4) is 0 Å². The normalized spacial score (nSPS) is 13.8. The van der Waals surface area contributed by atoms with Crippen molar-refractivity contribution >= 4 is 5.97 Å². The van der Waals surface area contributed by atoms with E-state index in [-0.39, 0.29) is 11.3 Å². The van der Waals surface area contributed by atoms with Gasteiger partial charge in [-0.05, 0) is 36.3 Å². The molecule has 0 saturated heterocycles. The second-order valence-electron chi connectivity index (χ2n) is 6.32. The van der Waals surface area contributed by atoms with Gasteiger partial charge in [-0.1, -0.05) is 58.9 Å². The SMILES string of the molecule is CC(=C=C/C=C/C=C/C(C)(C)CC(C)C(=O)O)C(C)C. The standard InChI is InChI=1S/C18H28O2/c1-14(2)15(3)11-9-7-8-10-12-18(5,6)13-16(4)17(19)20/h7-10,12,14,16H,13H2,1-6H3,(H,19,20)/b8-7+,12-10+. The Bertz CT molecular complexity index is 430. The second-order valence-corrected chi connectivity index (χ2v) is 6.32. The third-order valence-corrected chi connectivity index (χ3v) is 3.30. The van der Waals surface area contributed by atoms with Gasteiger partial charge >= 0.3 is 5.97 Å². The van der Waals surface area contributed by atoms with Crippen molar-refractivity contribution in [2.45, 2.75) is 48.0 Å². The summed E-state index contributed by atoms with van der Waals surface area (Å²) in [7, 11) is 0. The van der Waals surface area contributed by atoms with E-state index in [0.29, 0.717) is 12.3 Å². The molecule has 0 aromatic rings. The van der Waals surface area contributed by atoms with Crippen molar-refractivity contribution in [1.82, 2.24) is 0 Å². The number of rotatable bonds is 7. The van der Waals surface area contributed by atoms with Crippen LogP contribution in [0.2, 0.25) is 0 Å². The van der Waals surface area contributed by atoms with Crippen LogP contribution in [0.5, 0.6) is 0 Å². The van der Waals surface area contributed by atoms with Crippen LogP contribution in [0.4, 0.5) is 0 Å². The Labute approximate surface area is 123 Å². The molecule has 1 N–H and O–H groups in total. The number of allylic oxidation sites excluding steroid dienone is 5. The van der Waals surface area contributed by atoms with Crippen LogP contribution in [0.15, 0.2) is 41.7 Å². The molecular weight excluding hydrogens is 248 g/mol. The van der Waals surface area contributed by atoms with E-state index < -0.39 is 5.97 Å². The fraction of sp³-hybridized carbons (Fsp3) is 0.556. The molecule has 20 heavy (non-hydrogen) atoms. The van der Waals surface area contributed by atoms with E-state index in [1.54, 1.807) is 6.92 Å². The molecule has 0 aromatic carbocycles. The molecule has 0 heterocycles. The van der Waals surface area contributed by atoms with E-state index in [1.165, 1.54) is 5.57 Å². The molecular formula is C18H28O2. The van der Waals surface area contributed by atoms with Gasteiger partial charge in [-0.2, -0.15) is 0 Å². The number of hydrogen-bond acceptors (Lipinski definition) is 1. The van der Waals surface area contributed by atoms with Gasteiger partial charge < -0.3 is 5.11 Å². The lowest BCUT2D eigenvalue weighted by Crippen LogP contribution is -2.18. The molecule has 1 unspecified atom stereocenters. The first-order valence-electron chi connectivity index (χ1n) is 7.16. The highest BCUT2D eigenvalue weighted by molar-refractivity contribution is 5.69. The zero-order valence-electron chi connectivity index (χ0n) is 13.6. The summed E-state index contributed by atoms with van der Waals surface area (Å²) >= 11 is 0. The summed E-state index contributed by atoms with van der Waals surface area (Å²) in [6.07, 6.45) is 10.5. The molecule has 0 aliphatic carbocycles. The van der Waals surface area contributed by atoms with Crippen LogP contribution >= 0.6 is 0 Å². The number of carbonyl (C=O) groups is 1. The molecule has 2 heteroatoms. The molecule has 0 saturated carbocycles. The zero-order valence-corrected chi connectivity index (χ0v) is 13.6. The van der Waals surface area contributed by atoms with E-state index >= 15 is 0 Å². The number of carboxylic acids is 1. The number of hydrogen-bond donors (Lipinski definition) is 1. The van der Waals surface area contributed by atoms with Crippen molar-refractivity contribution in [3.63, 3.8) is 0 Å². The minimum Gasteiger partial charge on any atom is -0.481 e. The smallest absolute Gasteiger partial charge is 0.306 e. The van der Waals surface area contributed by atoms with Crippen LogP contribution in [0, 0.1) is 17.3 Å². The maximum absolute atomic E-state index is 10.9. The summed E-state index contributed by atoms with van der Waals surface area (Å²) in [4.78, 5) is 10.9. The minimum atomic E-state index is -0.737. The lowest BCUT2D eigenvalue weighted by molar-refractivity contribution is -0.141.